The fourth-order valence-electron chi connectivity index (χ4n) is 1.07. The average molecular weight is 213 g/mol. The molecule has 4 heteroatoms. The summed E-state index contributed by atoms with van der Waals surface area (Å²) in [6.45, 7) is 0.367. The van der Waals surface area contributed by atoms with Crippen molar-refractivity contribution in [2.45, 2.75) is 6.18 Å². The smallest absolute Gasteiger partial charge is 0.309 e. The van der Waals surface area contributed by atoms with Crippen LogP contribution in [-0.4, -0.2) is 13.6 Å². The van der Waals surface area contributed by atoms with Crippen LogP contribution >= 0.6 is 0 Å². The fraction of sp³-hybridized carbons (Fsp3) is 0.273. The van der Waals surface area contributed by atoms with E-state index in [9.17, 15) is 13.2 Å². The van der Waals surface area contributed by atoms with Crippen molar-refractivity contribution in [1.29, 1.82) is 0 Å². The van der Waals surface area contributed by atoms with Crippen molar-refractivity contribution >= 4 is 0 Å². The monoisotopic (exact) mass is 213 g/mol. The minimum atomic E-state index is -4.34. The van der Waals surface area contributed by atoms with E-state index >= 15 is 0 Å². The molecule has 0 bridgehead atoms. The van der Waals surface area contributed by atoms with Gasteiger partial charge in [-0.25, -0.2) is 0 Å². The number of rotatable bonds is 1. The normalized spacial score (nSPS) is 10.7. The molecule has 0 aromatic heterocycles. The van der Waals surface area contributed by atoms with E-state index in [-0.39, 0.29) is 5.56 Å². The molecule has 0 aliphatic rings. The molecule has 1 nitrogen and oxygen atoms in total. The minimum absolute atomic E-state index is 0.0141. The lowest BCUT2D eigenvalue weighted by molar-refractivity contribution is -0.137. The zero-order valence-corrected chi connectivity index (χ0v) is 8.15. The van der Waals surface area contributed by atoms with E-state index in [2.05, 4.69) is 17.2 Å². The van der Waals surface area contributed by atoms with Gasteiger partial charge in [0, 0.05) is 5.56 Å². The number of benzene rings is 1. The van der Waals surface area contributed by atoms with Crippen LogP contribution in [0.25, 0.3) is 0 Å². The van der Waals surface area contributed by atoms with E-state index < -0.39 is 11.7 Å². The Labute approximate surface area is 86.3 Å². The highest BCUT2D eigenvalue weighted by Crippen LogP contribution is 2.31. The molecule has 0 spiro atoms. The summed E-state index contributed by atoms with van der Waals surface area (Å²) in [6, 6.07) is 5.29. The summed E-state index contributed by atoms with van der Waals surface area (Å²) >= 11 is 0. The molecule has 0 atom stereocenters. The maximum absolute atomic E-state index is 12.5. The van der Waals surface area contributed by atoms with E-state index in [1.54, 1.807) is 13.1 Å². The van der Waals surface area contributed by atoms with Crippen LogP contribution in [0.3, 0.4) is 0 Å². The van der Waals surface area contributed by atoms with Gasteiger partial charge < -0.3 is 5.32 Å². The molecule has 0 saturated carbocycles. The van der Waals surface area contributed by atoms with Crippen LogP contribution in [0.1, 0.15) is 11.1 Å². The van der Waals surface area contributed by atoms with Crippen LogP contribution in [0.5, 0.6) is 0 Å². The van der Waals surface area contributed by atoms with Gasteiger partial charge in [-0.1, -0.05) is 24.0 Å². The highest BCUT2D eigenvalue weighted by Gasteiger charge is 2.32. The van der Waals surface area contributed by atoms with Crippen LogP contribution in [0.15, 0.2) is 24.3 Å². The van der Waals surface area contributed by atoms with Gasteiger partial charge in [-0.15, -0.1) is 0 Å². The van der Waals surface area contributed by atoms with E-state index in [0.29, 0.717) is 6.54 Å². The van der Waals surface area contributed by atoms with Gasteiger partial charge in [-0.05, 0) is 19.2 Å². The van der Waals surface area contributed by atoms with Crippen LogP contribution in [0.4, 0.5) is 13.2 Å². The average Bonchev–Trinajstić information content (AvgIpc) is 2.17. The minimum Gasteiger partial charge on any atom is -0.309 e. The number of alkyl halides is 3. The molecule has 0 aliphatic carbocycles. The van der Waals surface area contributed by atoms with Crippen LogP contribution in [0.2, 0.25) is 0 Å². The van der Waals surface area contributed by atoms with Crippen molar-refractivity contribution in [3.05, 3.63) is 35.4 Å². The molecule has 80 valence electrons. The molecule has 0 radical (unpaired) electrons. The second-order valence-electron chi connectivity index (χ2n) is 2.88. The summed E-state index contributed by atoms with van der Waals surface area (Å²) in [6.07, 6.45) is -4.34. The van der Waals surface area contributed by atoms with Crippen molar-refractivity contribution in [2.24, 2.45) is 0 Å². The summed E-state index contributed by atoms with van der Waals surface area (Å²) in [5.74, 6) is 5.09. The molecule has 1 N–H and O–H groups in total. The van der Waals surface area contributed by atoms with Gasteiger partial charge in [0.15, 0.2) is 0 Å². The maximum atomic E-state index is 12.5. The van der Waals surface area contributed by atoms with Crippen molar-refractivity contribution < 1.29 is 13.2 Å². The molecule has 0 unspecified atom stereocenters. The highest BCUT2D eigenvalue weighted by molar-refractivity contribution is 5.42. The van der Waals surface area contributed by atoms with Crippen molar-refractivity contribution in [1.82, 2.24) is 5.32 Å². The quantitative estimate of drug-likeness (QED) is 0.706. The summed E-state index contributed by atoms with van der Waals surface area (Å²) in [5, 5.41) is 2.74. The largest absolute Gasteiger partial charge is 0.417 e. The van der Waals surface area contributed by atoms with Gasteiger partial charge in [-0.2, -0.15) is 13.2 Å². The summed E-state index contributed by atoms with van der Waals surface area (Å²) in [5.41, 5.74) is -0.672. The molecule has 1 aromatic carbocycles. The first-order valence-electron chi connectivity index (χ1n) is 4.35. The van der Waals surface area contributed by atoms with Gasteiger partial charge >= 0.3 is 6.18 Å². The molecule has 1 rings (SSSR count). The molecule has 0 saturated heterocycles. The zero-order valence-electron chi connectivity index (χ0n) is 8.15. The standard InChI is InChI=1S/C11H10F3N/c1-15-8-4-6-9-5-2-3-7-10(9)11(12,13)14/h2-3,5,7,15H,8H2,1H3. The molecular weight excluding hydrogens is 203 g/mol. The molecule has 1 aromatic rings. The molecule has 0 aliphatic heterocycles. The number of nitrogens with one attached hydrogen (secondary N) is 1. The molecular formula is C11H10F3N. The molecule has 0 heterocycles. The third kappa shape index (κ3) is 3.30. The highest BCUT2D eigenvalue weighted by atomic mass is 19.4. The summed E-state index contributed by atoms with van der Waals surface area (Å²) < 4.78 is 37.4. The Morgan fingerprint density at radius 2 is 1.93 bits per heavy atom. The van der Waals surface area contributed by atoms with E-state index in [1.807, 2.05) is 0 Å². The second kappa shape index (κ2) is 4.85. The van der Waals surface area contributed by atoms with E-state index in [1.165, 1.54) is 12.1 Å². The van der Waals surface area contributed by atoms with Crippen molar-refractivity contribution in [3.8, 4) is 11.8 Å². The fourth-order valence-corrected chi connectivity index (χ4v) is 1.07. The molecule has 15 heavy (non-hydrogen) atoms. The Kier molecular flexibility index (Phi) is 3.75. The second-order valence-corrected chi connectivity index (χ2v) is 2.88. The number of hydrogen-bond donors (Lipinski definition) is 1. The van der Waals surface area contributed by atoms with Crippen LogP contribution < -0.4 is 5.32 Å². The molecule has 0 fully saturated rings. The van der Waals surface area contributed by atoms with Gasteiger partial charge in [0.1, 0.15) is 0 Å². The lowest BCUT2D eigenvalue weighted by Crippen LogP contribution is -2.08. The Morgan fingerprint density at radius 1 is 1.27 bits per heavy atom. The lowest BCUT2D eigenvalue weighted by Gasteiger charge is -2.07. The van der Waals surface area contributed by atoms with Crippen molar-refractivity contribution in [2.75, 3.05) is 13.6 Å². The predicted molar refractivity (Wildman–Crippen MR) is 52.2 cm³/mol. The summed E-state index contributed by atoms with van der Waals surface area (Å²) in [4.78, 5) is 0. The van der Waals surface area contributed by atoms with E-state index in [4.69, 9.17) is 0 Å². The topological polar surface area (TPSA) is 12.0 Å². The first kappa shape index (κ1) is 11.6. The molecule has 0 amide bonds. The Hall–Kier alpha value is -1.47. The lowest BCUT2D eigenvalue weighted by atomic mass is 10.1. The summed E-state index contributed by atoms with van der Waals surface area (Å²) in [7, 11) is 1.68. The van der Waals surface area contributed by atoms with Gasteiger partial charge in [0.2, 0.25) is 0 Å². The van der Waals surface area contributed by atoms with Gasteiger partial charge in [-0.3, -0.25) is 0 Å². The van der Waals surface area contributed by atoms with Gasteiger partial charge in [0.05, 0.1) is 12.1 Å². The van der Waals surface area contributed by atoms with Crippen LogP contribution in [0, 0.1) is 11.8 Å². The Balaban J connectivity index is 3.04. The maximum Gasteiger partial charge on any atom is 0.417 e. The predicted octanol–water partition coefficient (Wildman–Crippen LogP) is 2.28. The first-order valence-corrected chi connectivity index (χ1v) is 4.35. The first-order chi connectivity index (χ1) is 7.05. The third-order valence-corrected chi connectivity index (χ3v) is 1.72. The number of halogens is 3. The number of hydrogen-bond acceptors (Lipinski definition) is 1. The Bertz CT molecular complexity index is 385. The van der Waals surface area contributed by atoms with E-state index in [0.717, 1.165) is 6.07 Å². The third-order valence-electron chi connectivity index (χ3n) is 1.72. The van der Waals surface area contributed by atoms with Crippen molar-refractivity contribution in [3.63, 3.8) is 0 Å². The van der Waals surface area contributed by atoms with Crippen LogP contribution in [-0.2, 0) is 6.18 Å². The Morgan fingerprint density at radius 3 is 2.53 bits per heavy atom. The SMILES string of the molecule is CNCC#Cc1ccccc1C(F)(F)F. The van der Waals surface area contributed by atoms with Gasteiger partial charge in [0.25, 0.3) is 0 Å². The zero-order chi connectivity index (χ0) is 11.3.